The highest BCUT2D eigenvalue weighted by Gasteiger charge is 2.12. The van der Waals surface area contributed by atoms with Crippen LogP contribution in [0.5, 0.6) is 0 Å². The fourth-order valence-corrected chi connectivity index (χ4v) is 3.66. The molecule has 0 spiro atoms. The number of carbonyl (C=O) groups excluding carboxylic acids is 1. The van der Waals surface area contributed by atoms with Gasteiger partial charge in [0, 0.05) is 31.3 Å². The molecule has 0 heterocycles. The molecule has 2 rings (SSSR count). The number of anilines is 1. The summed E-state index contributed by atoms with van der Waals surface area (Å²) in [5, 5.41) is 4.94. The summed E-state index contributed by atoms with van der Waals surface area (Å²) < 4.78 is 0. The largest absolute Gasteiger partial charge is 0.358 e. The summed E-state index contributed by atoms with van der Waals surface area (Å²) >= 11 is 19.2. The monoisotopic (exact) mass is 385 g/mol. The Morgan fingerprint density at radius 2 is 1.48 bits per heavy atom. The Labute approximate surface area is 154 Å². The highest BCUT2D eigenvalue weighted by atomic mass is 35.5. The van der Waals surface area contributed by atoms with Gasteiger partial charge in [-0.3, -0.25) is 4.79 Å². The van der Waals surface area contributed by atoms with Crippen LogP contribution in [0.3, 0.4) is 0 Å². The molecule has 0 bridgehead atoms. The first kappa shape index (κ1) is 18.2. The maximum atomic E-state index is 12.0. The van der Waals surface area contributed by atoms with Crippen molar-refractivity contribution in [1.29, 1.82) is 0 Å². The molecule has 0 atom stereocenters. The van der Waals surface area contributed by atoms with Gasteiger partial charge in [0.1, 0.15) is 0 Å². The lowest BCUT2D eigenvalue weighted by Gasteiger charge is -2.12. The second-order valence-corrected chi connectivity index (χ2v) is 7.24. The van der Waals surface area contributed by atoms with E-state index in [0.717, 1.165) is 16.3 Å². The van der Waals surface area contributed by atoms with E-state index in [-0.39, 0.29) is 5.78 Å². The molecule has 0 saturated carbocycles. The Kier molecular flexibility index (Phi) is 6.42. The first-order chi connectivity index (χ1) is 10.8. The molecule has 2 aromatic rings. The molecule has 0 aliphatic carbocycles. The van der Waals surface area contributed by atoms with Gasteiger partial charge in [-0.15, -0.1) is 0 Å². The second-order valence-electron chi connectivity index (χ2n) is 4.85. The van der Waals surface area contributed by atoms with Crippen molar-refractivity contribution in [2.24, 2.45) is 0 Å². The van der Waals surface area contributed by atoms with Gasteiger partial charge in [-0.05, 0) is 56.3 Å². The molecule has 0 amide bonds. The summed E-state index contributed by atoms with van der Waals surface area (Å²) in [6.45, 7) is 3.38. The van der Waals surface area contributed by atoms with Gasteiger partial charge in [0.2, 0.25) is 0 Å². The predicted octanol–water partition coefficient (Wildman–Crippen LogP) is 6.67. The summed E-state index contributed by atoms with van der Waals surface area (Å²) in [6, 6.07) is 12.5. The van der Waals surface area contributed by atoms with Crippen LogP contribution in [0.2, 0.25) is 15.1 Å². The van der Waals surface area contributed by atoms with E-state index in [9.17, 15) is 4.79 Å². The SMILES string of the molecule is CC(=O)/C(Sc1cc(Cl)cc(Cl)c1)=C(/C)Nc1ccc(Cl)cc1. The van der Waals surface area contributed by atoms with Crippen molar-refractivity contribution in [3.63, 3.8) is 0 Å². The minimum Gasteiger partial charge on any atom is -0.358 e. The van der Waals surface area contributed by atoms with Gasteiger partial charge < -0.3 is 5.32 Å². The van der Waals surface area contributed by atoms with Crippen LogP contribution in [0.15, 0.2) is 58.0 Å². The molecular weight excluding hydrogens is 373 g/mol. The van der Waals surface area contributed by atoms with Crippen LogP contribution >= 0.6 is 46.6 Å². The molecule has 120 valence electrons. The summed E-state index contributed by atoms with van der Waals surface area (Å²) in [7, 11) is 0. The lowest BCUT2D eigenvalue weighted by atomic mass is 10.3. The number of Topliss-reactive ketones (excluding diaryl/α,β-unsaturated/α-hetero) is 1. The van der Waals surface area contributed by atoms with E-state index in [0.29, 0.717) is 20.0 Å². The van der Waals surface area contributed by atoms with E-state index in [1.54, 1.807) is 30.3 Å². The average molecular weight is 387 g/mol. The van der Waals surface area contributed by atoms with Gasteiger partial charge >= 0.3 is 0 Å². The van der Waals surface area contributed by atoms with Gasteiger partial charge in [0.15, 0.2) is 5.78 Å². The molecule has 23 heavy (non-hydrogen) atoms. The Morgan fingerprint density at radius 1 is 0.913 bits per heavy atom. The van der Waals surface area contributed by atoms with Crippen LogP contribution in [0.4, 0.5) is 5.69 Å². The summed E-state index contributed by atoms with van der Waals surface area (Å²) in [5.74, 6) is -0.0370. The summed E-state index contributed by atoms with van der Waals surface area (Å²) in [4.78, 5) is 13.4. The van der Waals surface area contributed by atoms with Crippen LogP contribution in [0.25, 0.3) is 0 Å². The number of hydrogen-bond donors (Lipinski definition) is 1. The average Bonchev–Trinajstić information content (AvgIpc) is 2.45. The number of ketones is 1. The zero-order valence-corrected chi connectivity index (χ0v) is 15.6. The van der Waals surface area contributed by atoms with E-state index in [1.807, 2.05) is 19.1 Å². The molecule has 0 aliphatic rings. The smallest absolute Gasteiger partial charge is 0.168 e. The van der Waals surface area contributed by atoms with E-state index in [1.165, 1.54) is 18.7 Å². The van der Waals surface area contributed by atoms with Crippen molar-refractivity contribution >= 4 is 58.0 Å². The molecule has 2 aromatic carbocycles. The maximum absolute atomic E-state index is 12.0. The van der Waals surface area contributed by atoms with Gasteiger partial charge in [0.05, 0.1) is 4.91 Å². The molecule has 0 radical (unpaired) electrons. The molecule has 0 aromatic heterocycles. The van der Waals surface area contributed by atoms with E-state index < -0.39 is 0 Å². The van der Waals surface area contributed by atoms with Crippen molar-refractivity contribution in [3.05, 3.63) is 68.1 Å². The normalized spacial score (nSPS) is 11.9. The van der Waals surface area contributed by atoms with Crippen molar-refractivity contribution < 1.29 is 4.79 Å². The van der Waals surface area contributed by atoms with Crippen molar-refractivity contribution in [1.82, 2.24) is 0 Å². The third kappa shape index (κ3) is 5.47. The standard InChI is InChI=1S/C17H14Cl3NOS/c1-10(21-15-5-3-12(18)4-6-15)17(11(2)22)23-16-8-13(19)7-14(20)9-16/h3-9,21H,1-2H3/b17-10+. The molecule has 2 nitrogen and oxygen atoms in total. The van der Waals surface area contributed by atoms with Crippen LogP contribution in [-0.4, -0.2) is 5.78 Å². The van der Waals surface area contributed by atoms with Gasteiger partial charge in [-0.2, -0.15) is 0 Å². The predicted molar refractivity (Wildman–Crippen MR) is 101 cm³/mol. The number of rotatable bonds is 5. The number of hydrogen-bond acceptors (Lipinski definition) is 3. The molecule has 0 fully saturated rings. The van der Waals surface area contributed by atoms with Crippen LogP contribution in [0, 0.1) is 0 Å². The molecule has 0 aliphatic heterocycles. The first-order valence-corrected chi connectivity index (χ1v) is 8.68. The number of nitrogens with one attached hydrogen (secondary N) is 1. The molecule has 1 N–H and O–H groups in total. The third-order valence-corrected chi connectivity index (χ3v) is 4.85. The summed E-state index contributed by atoms with van der Waals surface area (Å²) in [6.07, 6.45) is 0. The van der Waals surface area contributed by atoms with E-state index in [2.05, 4.69) is 5.32 Å². The maximum Gasteiger partial charge on any atom is 0.168 e. The highest BCUT2D eigenvalue weighted by molar-refractivity contribution is 8.04. The zero-order chi connectivity index (χ0) is 17.0. The fourth-order valence-electron chi connectivity index (χ4n) is 1.92. The quantitative estimate of drug-likeness (QED) is 0.459. The highest BCUT2D eigenvalue weighted by Crippen LogP contribution is 2.33. The molecule has 0 saturated heterocycles. The van der Waals surface area contributed by atoms with Gasteiger partial charge in [0.25, 0.3) is 0 Å². The number of carbonyl (C=O) groups is 1. The van der Waals surface area contributed by atoms with E-state index in [4.69, 9.17) is 34.8 Å². The third-order valence-electron chi connectivity index (χ3n) is 2.89. The van der Waals surface area contributed by atoms with Crippen molar-refractivity contribution in [2.75, 3.05) is 5.32 Å². The fraction of sp³-hybridized carbons (Fsp3) is 0.118. The zero-order valence-electron chi connectivity index (χ0n) is 12.5. The Hall–Kier alpha value is -1.13. The minimum atomic E-state index is -0.0370. The Balaban J connectivity index is 2.28. The number of benzene rings is 2. The van der Waals surface area contributed by atoms with E-state index >= 15 is 0 Å². The van der Waals surface area contributed by atoms with Crippen LogP contribution < -0.4 is 5.32 Å². The number of thioether (sulfide) groups is 1. The Bertz CT molecular complexity index is 737. The van der Waals surface area contributed by atoms with Crippen molar-refractivity contribution in [3.8, 4) is 0 Å². The number of halogens is 3. The summed E-state index contributed by atoms with van der Waals surface area (Å²) in [5.41, 5.74) is 1.61. The van der Waals surface area contributed by atoms with Crippen LogP contribution in [0.1, 0.15) is 13.8 Å². The van der Waals surface area contributed by atoms with Gasteiger partial charge in [-0.25, -0.2) is 0 Å². The lowest BCUT2D eigenvalue weighted by molar-refractivity contribution is -0.113. The second kappa shape index (κ2) is 8.11. The van der Waals surface area contributed by atoms with Gasteiger partial charge in [-0.1, -0.05) is 46.6 Å². The van der Waals surface area contributed by atoms with Crippen molar-refractivity contribution in [2.45, 2.75) is 18.7 Å². The topological polar surface area (TPSA) is 29.1 Å². The lowest BCUT2D eigenvalue weighted by Crippen LogP contribution is -2.04. The molecule has 6 heteroatoms. The Morgan fingerprint density at radius 3 is 2.00 bits per heavy atom. The minimum absolute atomic E-state index is 0.0370. The number of allylic oxidation sites excluding steroid dienone is 2. The molecular formula is C17H14Cl3NOS. The molecule has 0 unspecified atom stereocenters. The van der Waals surface area contributed by atoms with Crippen LogP contribution in [-0.2, 0) is 4.79 Å². The first-order valence-electron chi connectivity index (χ1n) is 6.73.